The van der Waals surface area contributed by atoms with Gasteiger partial charge in [0.2, 0.25) is 11.0 Å². The lowest BCUT2D eigenvalue weighted by Crippen LogP contribution is -2.14. The van der Waals surface area contributed by atoms with Crippen molar-refractivity contribution in [3.05, 3.63) is 87.7 Å². The molecule has 0 radical (unpaired) electrons. The van der Waals surface area contributed by atoms with Gasteiger partial charge in [0.1, 0.15) is 5.75 Å². The van der Waals surface area contributed by atoms with Gasteiger partial charge in [-0.05, 0) is 57.5 Å². The molecule has 0 atom stereocenters. The molecule has 170 valence electrons. The van der Waals surface area contributed by atoms with Crippen molar-refractivity contribution in [2.24, 2.45) is 0 Å². The normalized spacial score (nSPS) is 10.9. The molecule has 4 rings (SSSR count). The predicted octanol–water partition coefficient (Wildman–Crippen LogP) is 5.42. The first-order chi connectivity index (χ1) is 15.9. The fourth-order valence-corrected chi connectivity index (χ4v) is 4.50. The first-order valence-corrected chi connectivity index (χ1v) is 11.9. The number of amides is 1. The van der Waals surface area contributed by atoms with E-state index in [-0.39, 0.29) is 12.3 Å². The molecule has 6 nitrogen and oxygen atoms in total. The largest absolute Gasteiger partial charge is 0.494 e. The second-order valence-corrected chi connectivity index (χ2v) is 8.86. The van der Waals surface area contributed by atoms with Crippen LogP contribution in [-0.2, 0) is 17.6 Å². The second kappa shape index (κ2) is 10.0. The summed E-state index contributed by atoms with van der Waals surface area (Å²) in [7, 11) is 0. The van der Waals surface area contributed by atoms with Crippen LogP contribution >= 0.6 is 11.3 Å². The van der Waals surface area contributed by atoms with Crippen LogP contribution in [0.1, 0.15) is 40.7 Å². The van der Waals surface area contributed by atoms with E-state index in [2.05, 4.69) is 48.4 Å². The van der Waals surface area contributed by atoms with E-state index in [1.165, 1.54) is 28.0 Å². The molecule has 0 saturated carbocycles. The van der Waals surface area contributed by atoms with Gasteiger partial charge in [-0.25, -0.2) is 9.67 Å². The van der Waals surface area contributed by atoms with Gasteiger partial charge < -0.3 is 10.1 Å². The van der Waals surface area contributed by atoms with Crippen molar-refractivity contribution < 1.29 is 9.53 Å². The van der Waals surface area contributed by atoms with Gasteiger partial charge in [-0.3, -0.25) is 4.79 Å². The number of benzene rings is 2. The maximum atomic E-state index is 12.5. The smallest absolute Gasteiger partial charge is 0.230 e. The van der Waals surface area contributed by atoms with Crippen molar-refractivity contribution >= 4 is 22.9 Å². The fourth-order valence-electron chi connectivity index (χ4n) is 3.67. The first kappa shape index (κ1) is 22.7. The molecule has 4 aromatic rings. The average molecular weight is 461 g/mol. The number of anilines is 1. The van der Waals surface area contributed by atoms with Crippen molar-refractivity contribution in [1.82, 2.24) is 14.8 Å². The molecule has 0 fully saturated rings. The Morgan fingerprint density at radius 1 is 1.06 bits per heavy atom. The highest BCUT2D eigenvalue weighted by molar-refractivity contribution is 7.12. The summed E-state index contributed by atoms with van der Waals surface area (Å²) < 4.78 is 7.32. The van der Waals surface area contributed by atoms with Crippen LogP contribution in [0.15, 0.2) is 53.9 Å². The number of ether oxygens (including phenoxy) is 1. The molecule has 0 saturated heterocycles. The number of rotatable bonds is 8. The van der Waals surface area contributed by atoms with Crippen molar-refractivity contribution in [3.8, 4) is 10.9 Å². The van der Waals surface area contributed by atoms with Gasteiger partial charge in [0.05, 0.1) is 24.4 Å². The van der Waals surface area contributed by atoms with Gasteiger partial charge in [-0.2, -0.15) is 5.10 Å². The standard InChI is InChI=1S/C26H28N4O2S/c1-5-32-23-12-10-21(11-13-23)27-25(31)15-22-16-33-26(28-22)30-19(4)24(18(3)29-30)14-20-8-6-17(2)7-9-20/h6-13,16H,5,14-15H2,1-4H3,(H,27,31). The highest BCUT2D eigenvalue weighted by Gasteiger charge is 2.16. The molecular formula is C26H28N4O2S. The highest BCUT2D eigenvalue weighted by atomic mass is 32.1. The molecule has 1 amide bonds. The van der Waals surface area contributed by atoms with E-state index in [9.17, 15) is 4.79 Å². The number of nitrogens with zero attached hydrogens (tertiary/aromatic N) is 3. The molecule has 2 aromatic heterocycles. The number of carbonyl (C=O) groups excluding carboxylic acids is 1. The molecular weight excluding hydrogens is 432 g/mol. The second-order valence-electron chi connectivity index (χ2n) is 8.03. The van der Waals surface area contributed by atoms with Crippen LogP contribution in [0.25, 0.3) is 5.13 Å². The summed E-state index contributed by atoms with van der Waals surface area (Å²) >= 11 is 1.50. The third-order valence-corrected chi connectivity index (χ3v) is 6.32. The topological polar surface area (TPSA) is 69.0 Å². The maximum absolute atomic E-state index is 12.5. The molecule has 0 bridgehead atoms. The van der Waals surface area contributed by atoms with Gasteiger partial charge in [-0.15, -0.1) is 11.3 Å². The van der Waals surface area contributed by atoms with E-state index in [4.69, 9.17) is 9.84 Å². The number of aryl methyl sites for hydroxylation is 2. The van der Waals surface area contributed by atoms with E-state index in [1.807, 2.05) is 48.2 Å². The van der Waals surface area contributed by atoms with Crippen LogP contribution in [0.4, 0.5) is 5.69 Å². The van der Waals surface area contributed by atoms with Gasteiger partial charge in [0, 0.05) is 28.7 Å². The average Bonchev–Trinajstić information content (AvgIpc) is 3.36. The van der Waals surface area contributed by atoms with Crippen molar-refractivity contribution in [3.63, 3.8) is 0 Å². The number of thiazole rings is 1. The summed E-state index contributed by atoms with van der Waals surface area (Å²) in [6.45, 7) is 8.75. The van der Waals surface area contributed by atoms with Crippen molar-refractivity contribution in [2.75, 3.05) is 11.9 Å². The molecule has 2 aromatic carbocycles. The Balaban J connectivity index is 1.43. The van der Waals surface area contributed by atoms with E-state index >= 15 is 0 Å². The number of aromatic nitrogens is 3. The Bertz CT molecular complexity index is 1240. The molecule has 0 aliphatic carbocycles. The molecule has 0 spiro atoms. The molecule has 0 aliphatic heterocycles. The minimum absolute atomic E-state index is 0.107. The monoisotopic (exact) mass is 460 g/mol. The number of nitrogens with one attached hydrogen (secondary N) is 1. The molecule has 0 unspecified atom stereocenters. The Hall–Kier alpha value is -3.45. The summed E-state index contributed by atoms with van der Waals surface area (Å²) in [6, 6.07) is 16.0. The number of carbonyl (C=O) groups is 1. The number of hydrogen-bond acceptors (Lipinski definition) is 5. The fraction of sp³-hybridized carbons (Fsp3) is 0.269. The summed E-state index contributed by atoms with van der Waals surface area (Å²) in [5, 5.41) is 10.3. The zero-order valence-corrected chi connectivity index (χ0v) is 20.2. The van der Waals surface area contributed by atoms with Crippen LogP contribution in [-0.4, -0.2) is 27.3 Å². The predicted molar refractivity (Wildman–Crippen MR) is 133 cm³/mol. The highest BCUT2D eigenvalue weighted by Crippen LogP contribution is 2.24. The van der Waals surface area contributed by atoms with Crippen LogP contribution in [0, 0.1) is 20.8 Å². The van der Waals surface area contributed by atoms with E-state index in [0.717, 1.165) is 40.1 Å². The first-order valence-electron chi connectivity index (χ1n) is 11.0. The lowest BCUT2D eigenvalue weighted by atomic mass is 10.0. The molecule has 7 heteroatoms. The van der Waals surface area contributed by atoms with Gasteiger partial charge in [0.25, 0.3) is 0 Å². The Morgan fingerprint density at radius 2 is 1.79 bits per heavy atom. The van der Waals surface area contributed by atoms with Crippen LogP contribution in [0.2, 0.25) is 0 Å². The Kier molecular flexibility index (Phi) is 6.89. The summed E-state index contributed by atoms with van der Waals surface area (Å²) in [5.41, 5.74) is 7.26. The summed E-state index contributed by atoms with van der Waals surface area (Å²) in [4.78, 5) is 17.2. The van der Waals surface area contributed by atoms with Crippen molar-refractivity contribution in [1.29, 1.82) is 0 Å². The lowest BCUT2D eigenvalue weighted by Gasteiger charge is -2.06. The molecule has 33 heavy (non-hydrogen) atoms. The molecule has 2 heterocycles. The third kappa shape index (κ3) is 5.49. The third-order valence-electron chi connectivity index (χ3n) is 5.45. The van der Waals surface area contributed by atoms with Gasteiger partial charge in [-0.1, -0.05) is 29.8 Å². The minimum Gasteiger partial charge on any atom is -0.494 e. The minimum atomic E-state index is -0.107. The number of hydrogen-bond donors (Lipinski definition) is 1. The van der Waals surface area contributed by atoms with E-state index in [0.29, 0.717) is 6.61 Å². The van der Waals surface area contributed by atoms with Crippen molar-refractivity contribution in [2.45, 2.75) is 40.5 Å². The van der Waals surface area contributed by atoms with Gasteiger partial charge >= 0.3 is 0 Å². The zero-order valence-electron chi connectivity index (χ0n) is 19.4. The Labute approximate surface area is 198 Å². The maximum Gasteiger partial charge on any atom is 0.230 e. The van der Waals surface area contributed by atoms with Crippen LogP contribution in [0.3, 0.4) is 0 Å². The Morgan fingerprint density at radius 3 is 2.48 bits per heavy atom. The molecule has 1 N–H and O–H groups in total. The SMILES string of the molecule is CCOc1ccc(NC(=O)Cc2csc(-n3nc(C)c(Cc4ccc(C)cc4)c3C)n2)cc1. The van der Waals surface area contributed by atoms with Crippen LogP contribution < -0.4 is 10.1 Å². The van der Waals surface area contributed by atoms with Crippen LogP contribution in [0.5, 0.6) is 5.75 Å². The van der Waals surface area contributed by atoms with E-state index in [1.54, 1.807) is 0 Å². The van der Waals surface area contributed by atoms with E-state index < -0.39 is 0 Å². The van der Waals surface area contributed by atoms with Gasteiger partial charge in [0.15, 0.2) is 0 Å². The quantitative estimate of drug-likeness (QED) is 0.381. The summed E-state index contributed by atoms with van der Waals surface area (Å²) in [6.07, 6.45) is 1.04. The zero-order chi connectivity index (χ0) is 23.4. The molecule has 0 aliphatic rings. The lowest BCUT2D eigenvalue weighted by molar-refractivity contribution is -0.115. The summed E-state index contributed by atoms with van der Waals surface area (Å²) in [5.74, 6) is 0.677.